The average Bonchev–Trinajstić information content (AvgIpc) is 2.81. The van der Waals surface area contributed by atoms with Crippen LogP contribution in [-0.2, 0) is 7.05 Å². The van der Waals surface area contributed by atoms with Crippen molar-refractivity contribution in [3.05, 3.63) is 6.07 Å². The van der Waals surface area contributed by atoms with Gasteiger partial charge in [0, 0.05) is 13.1 Å². The van der Waals surface area contributed by atoms with Gasteiger partial charge in [-0.3, -0.25) is 0 Å². The van der Waals surface area contributed by atoms with Crippen LogP contribution in [0.5, 0.6) is 5.88 Å². The van der Waals surface area contributed by atoms with E-state index in [0.29, 0.717) is 17.8 Å². The van der Waals surface area contributed by atoms with Gasteiger partial charge < -0.3 is 4.74 Å². The fraction of sp³-hybridized carbons (Fsp3) is 0.500. The van der Waals surface area contributed by atoms with Crippen molar-refractivity contribution in [1.29, 1.82) is 0 Å². The van der Waals surface area contributed by atoms with Crippen molar-refractivity contribution in [3.8, 4) is 5.88 Å². The number of hydrogen-bond donors (Lipinski definition) is 0. The second-order valence-corrected chi connectivity index (χ2v) is 3.17. The highest BCUT2D eigenvalue weighted by molar-refractivity contribution is 7.78. The van der Waals surface area contributed by atoms with E-state index in [-0.39, 0.29) is 0 Å². The molecule has 5 heteroatoms. The van der Waals surface area contributed by atoms with E-state index in [0.717, 1.165) is 12.8 Å². The van der Waals surface area contributed by atoms with E-state index in [1.165, 1.54) is 0 Å². The third kappa shape index (κ3) is 1.94. The van der Waals surface area contributed by atoms with Gasteiger partial charge in [0.05, 0.1) is 5.16 Å². The Hall–Kier alpha value is -1.19. The zero-order valence-electron chi connectivity index (χ0n) is 7.23. The predicted molar refractivity (Wildman–Crippen MR) is 51.5 cm³/mol. The number of aromatic nitrogens is 2. The molecule has 0 aromatic carbocycles. The van der Waals surface area contributed by atoms with Gasteiger partial charge in [0.15, 0.2) is 5.82 Å². The van der Waals surface area contributed by atoms with Crippen molar-refractivity contribution in [2.45, 2.75) is 18.9 Å². The number of aliphatic imine (C=N–C) groups is 1. The van der Waals surface area contributed by atoms with Gasteiger partial charge in [-0.15, -0.1) is 5.10 Å². The van der Waals surface area contributed by atoms with Gasteiger partial charge in [0.25, 0.3) is 0 Å². The van der Waals surface area contributed by atoms with E-state index < -0.39 is 0 Å². The zero-order valence-corrected chi connectivity index (χ0v) is 8.04. The van der Waals surface area contributed by atoms with E-state index in [9.17, 15) is 0 Å². The van der Waals surface area contributed by atoms with Crippen LogP contribution in [0.2, 0.25) is 0 Å². The van der Waals surface area contributed by atoms with Crippen LogP contribution in [0.4, 0.5) is 5.82 Å². The molecule has 1 heterocycles. The summed E-state index contributed by atoms with van der Waals surface area (Å²) in [5.74, 6) is 1.29. The van der Waals surface area contributed by atoms with Crippen LogP contribution in [0.1, 0.15) is 12.8 Å². The molecule has 0 radical (unpaired) electrons. The monoisotopic (exact) mass is 195 g/mol. The first-order chi connectivity index (χ1) is 6.29. The summed E-state index contributed by atoms with van der Waals surface area (Å²) in [6.45, 7) is 0. The summed E-state index contributed by atoms with van der Waals surface area (Å²) < 4.78 is 7.10. The minimum atomic E-state index is 0.360. The molecule has 0 amide bonds. The molecule has 4 nitrogen and oxygen atoms in total. The first-order valence-electron chi connectivity index (χ1n) is 4.08. The van der Waals surface area contributed by atoms with E-state index in [1.807, 2.05) is 0 Å². The van der Waals surface area contributed by atoms with Gasteiger partial charge in [-0.25, -0.2) is 4.68 Å². The molecule has 0 bridgehead atoms. The van der Waals surface area contributed by atoms with E-state index in [2.05, 4.69) is 27.5 Å². The van der Waals surface area contributed by atoms with Gasteiger partial charge in [0.1, 0.15) is 6.10 Å². The van der Waals surface area contributed by atoms with Gasteiger partial charge in [-0.2, -0.15) is 4.99 Å². The Morgan fingerprint density at radius 2 is 2.54 bits per heavy atom. The average molecular weight is 195 g/mol. The topological polar surface area (TPSA) is 39.4 Å². The molecule has 1 aliphatic carbocycles. The molecule has 0 atom stereocenters. The summed E-state index contributed by atoms with van der Waals surface area (Å²) in [7, 11) is 1.80. The van der Waals surface area contributed by atoms with E-state index in [1.54, 1.807) is 17.8 Å². The van der Waals surface area contributed by atoms with Crippen LogP contribution >= 0.6 is 12.2 Å². The Morgan fingerprint density at radius 3 is 3.15 bits per heavy atom. The van der Waals surface area contributed by atoms with Gasteiger partial charge in [-0.1, -0.05) is 0 Å². The van der Waals surface area contributed by atoms with Gasteiger partial charge in [-0.05, 0) is 25.1 Å². The Balaban J connectivity index is 2.17. The molecule has 0 N–H and O–H groups in total. The Bertz CT molecular complexity index is 363. The third-order valence-electron chi connectivity index (χ3n) is 1.80. The van der Waals surface area contributed by atoms with Crippen molar-refractivity contribution in [2.75, 3.05) is 0 Å². The number of rotatable bonds is 3. The molecule has 1 fully saturated rings. The number of isothiocyanates is 1. The third-order valence-corrected chi connectivity index (χ3v) is 1.90. The predicted octanol–water partition coefficient (Wildman–Crippen LogP) is 1.70. The maximum atomic E-state index is 5.48. The molecule has 1 saturated carbocycles. The van der Waals surface area contributed by atoms with Crippen LogP contribution < -0.4 is 4.74 Å². The highest BCUT2D eigenvalue weighted by Gasteiger charge is 2.24. The molecule has 1 aliphatic rings. The first kappa shape index (κ1) is 8.41. The van der Waals surface area contributed by atoms with Crippen molar-refractivity contribution in [1.82, 2.24) is 9.78 Å². The summed E-state index contributed by atoms with van der Waals surface area (Å²) in [5.41, 5.74) is 0. The fourth-order valence-electron chi connectivity index (χ4n) is 0.997. The molecule has 68 valence electrons. The maximum absolute atomic E-state index is 5.48. The van der Waals surface area contributed by atoms with Crippen LogP contribution in [0.15, 0.2) is 11.1 Å². The molecular formula is C8H9N3OS. The standard InChI is InChI=1S/C8H9N3OS/c1-11-7(9-5-13)4-8(10-11)12-6-2-3-6/h4,6H,2-3H2,1H3. The number of thiocarbonyl (C=S) groups is 1. The summed E-state index contributed by atoms with van der Waals surface area (Å²) in [6.07, 6.45) is 2.62. The molecule has 1 aromatic heterocycles. The second kappa shape index (κ2) is 3.28. The minimum Gasteiger partial charge on any atom is -0.473 e. The molecule has 0 spiro atoms. The zero-order chi connectivity index (χ0) is 9.26. The Morgan fingerprint density at radius 1 is 1.77 bits per heavy atom. The number of hydrogen-bond acceptors (Lipinski definition) is 4. The highest BCUT2D eigenvalue weighted by atomic mass is 32.1. The van der Waals surface area contributed by atoms with Crippen LogP contribution in [-0.4, -0.2) is 21.0 Å². The molecular weight excluding hydrogens is 186 g/mol. The van der Waals surface area contributed by atoms with Crippen LogP contribution in [0.25, 0.3) is 0 Å². The van der Waals surface area contributed by atoms with Crippen molar-refractivity contribution < 1.29 is 4.74 Å². The molecule has 13 heavy (non-hydrogen) atoms. The number of nitrogens with zero attached hydrogens (tertiary/aromatic N) is 3. The lowest BCUT2D eigenvalue weighted by molar-refractivity contribution is 0.288. The molecule has 2 rings (SSSR count). The largest absolute Gasteiger partial charge is 0.473 e. The Labute approximate surface area is 81.2 Å². The summed E-state index contributed by atoms with van der Waals surface area (Å²) >= 11 is 4.50. The molecule has 0 saturated heterocycles. The van der Waals surface area contributed by atoms with Gasteiger partial charge >= 0.3 is 0 Å². The lowest BCUT2D eigenvalue weighted by Crippen LogP contribution is -1.97. The quantitative estimate of drug-likeness (QED) is 0.544. The maximum Gasteiger partial charge on any atom is 0.235 e. The summed E-state index contributed by atoms with van der Waals surface area (Å²) in [6, 6.07) is 1.76. The van der Waals surface area contributed by atoms with Crippen molar-refractivity contribution in [2.24, 2.45) is 12.0 Å². The van der Waals surface area contributed by atoms with Crippen molar-refractivity contribution >= 4 is 23.2 Å². The lowest BCUT2D eigenvalue weighted by atomic mass is 10.6. The summed E-state index contributed by atoms with van der Waals surface area (Å²) in [5, 5.41) is 6.42. The van der Waals surface area contributed by atoms with E-state index in [4.69, 9.17) is 4.74 Å². The highest BCUT2D eigenvalue weighted by Crippen LogP contribution is 2.27. The van der Waals surface area contributed by atoms with Crippen LogP contribution in [0, 0.1) is 0 Å². The second-order valence-electron chi connectivity index (χ2n) is 2.98. The smallest absolute Gasteiger partial charge is 0.235 e. The SMILES string of the molecule is Cn1nc(OC2CC2)cc1N=C=S. The fourth-order valence-corrected chi connectivity index (χ4v) is 1.09. The molecule has 1 aromatic rings. The number of ether oxygens (including phenoxy) is 1. The Kier molecular flexibility index (Phi) is 2.12. The van der Waals surface area contributed by atoms with Crippen molar-refractivity contribution in [3.63, 3.8) is 0 Å². The molecule has 0 aliphatic heterocycles. The van der Waals surface area contributed by atoms with E-state index >= 15 is 0 Å². The van der Waals surface area contributed by atoms with Crippen LogP contribution in [0.3, 0.4) is 0 Å². The van der Waals surface area contributed by atoms with Gasteiger partial charge in [0.2, 0.25) is 5.88 Å². The first-order valence-corrected chi connectivity index (χ1v) is 4.49. The summed E-state index contributed by atoms with van der Waals surface area (Å²) in [4.78, 5) is 3.84. The number of aryl methyl sites for hydroxylation is 1. The minimum absolute atomic E-state index is 0.360. The molecule has 0 unspecified atom stereocenters. The normalized spacial score (nSPS) is 15.2. The lowest BCUT2D eigenvalue weighted by Gasteiger charge is -1.95.